The minimum atomic E-state index is -4.45. The van der Waals surface area contributed by atoms with Gasteiger partial charge in [0.2, 0.25) is 0 Å². The normalized spacial score (nSPS) is 13.6. The van der Waals surface area contributed by atoms with Gasteiger partial charge in [-0.1, -0.05) is 0 Å². The number of anilines is 1. The molecule has 16 heavy (non-hydrogen) atoms. The molecule has 0 bridgehead atoms. The highest BCUT2D eigenvalue weighted by Crippen LogP contribution is 2.27. The molecule has 1 aromatic heterocycles. The van der Waals surface area contributed by atoms with E-state index in [-0.39, 0.29) is 6.04 Å². The lowest BCUT2D eigenvalue weighted by molar-refractivity contribution is -0.141. The van der Waals surface area contributed by atoms with Gasteiger partial charge in [0.15, 0.2) is 11.5 Å². The summed E-state index contributed by atoms with van der Waals surface area (Å²) in [5, 5.41) is 6.64. The lowest BCUT2D eigenvalue weighted by atomic mass is 10.3. The maximum absolute atomic E-state index is 12.2. The summed E-state index contributed by atoms with van der Waals surface area (Å²) >= 11 is 0. The van der Waals surface area contributed by atoms with Gasteiger partial charge in [0, 0.05) is 19.6 Å². The molecular formula is C9H13F3N4. The zero-order valence-corrected chi connectivity index (χ0v) is 8.99. The maximum Gasteiger partial charge on any atom is 0.435 e. The summed E-state index contributed by atoms with van der Waals surface area (Å²) in [6.07, 6.45) is -4.45. The monoisotopic (exact) mass is 234 g/mol. The van der Waals surface area contributed by atoms with Crippen LogP contribution in [0.1, 0.15) is 12.6 Å². The second-order valence-corrected chi connectivity index (χ2v) is 3.47. The average Bonchev–Trinajstić information content (AvgIpc) is 2.26. The van der Waals surface area contributed by atoms with Crippen LogP contribution in [0.25, 0.3) is 0 Å². The molecule has 0 aliphatic carbocycles. The predicted octanol–water partition coefficient (Wildman–Crippen LogP) is 1.28. The van der Waals surface area contributed by atoms with Crippen molar-refractivity contribution < 1.29 is 13.2 Å². The van der Waals surface area contributed by atoms with Gasteiger partial charge in [-0.05, 0) is 19.1 Å². The molecular weight excluding hydrogens is 221 g/mol. The minimum absolute atomic E-state index is 0.00830. The van der Waals surface area contributed by atoms with Crippen LogP contribution in [0.4, 0.5) is 19.0 Å². The molecule has 4 nitrogen and oxygen atoms in total. The minimum Gasteiger partial charge on any atom is -0.354 e. The van der Waals surface area contributed by atoms with E-state index in [1.807, 2.05) is 6.92 Å². The Labute approximate surface area is 91.3 Å². The number of nitrogens with zero attached hydrogens (tertiary/aromatic N) is 3. The van der Waals surface area contributed by atoms with E-state index in [4.69, 9.17) is 5.73 Å². The number of alkyl halides is 3. The van der Waals surface area contributed by atoms with Crippen LogP contribution in [-0.2, 0) is 6.18 Å². The highest BCUT2D eigenvalue weighted by Gasteiger charge is 2.33. The maximum atomic E-state index is 12.2. The van der Waals surface area contributed by atoms with Crippen LogP contribution in [0, 0.1) is 0 Å². The van der Waals surface area contributed by atoms with E-state index in [2.05, 4.69) is 10.2 Å². The molecule has 2 N–H and O–H groups in total. The van der Waals surface area contributed by atoms with Crippen LogP contribution in [0.2, 0.25) is 0 Å². The third-order valence-electron chi connectivity index (χ3n) is 2.30. The van der Waals surface area contributed by atoms with Crippen LogP contribution < -0.4 is 10.6 Å². The molecule has 0 aliphatic heterocycles. The number of hydrogen-bond acceptors (Lipinski definition) is 4. The van der Waals surface area contributed by atoms with Gasteiger partial charge < -0.3 is 10.6 Å². The van der Waals surface area contributed by atoms with Crippen molar-refractivity contribution in [2.45, 2.75) is 19.1 Å². The van der Waals surface area contributed by atoms with E-state index >= 15 is 0 Å². The smallest absolute Gasteiger partial charge is 0.354 e. The highest BCUT2D eigenvalue weighted by atomic mass is 19.4. The summed E-state index contributed by atoms with van der Waals surface area (Å²) in [5.41, 5.74) is 4.44. The number of likely N-dealkylation sites (N-methyl/N-ethyl adjacent to an activating group) is 1. The van der Waals surface area contributed by atoms with Crippen molar-refractivity contribution >= 4 is 5.82 Å². The van der Waals surface area contributed by atoms with Crippen LogP contribution in [-0.4, -0.2) is 29.8 Å². The quantitative estimate of drug-likeness (QED) is 0.856. The molecule has 1 heterocycles. The fourth-order valence-corrected chi connectivity index (χ4v) is 1.05. The van der Waals surface area contributed by atoms with E-state index in [0.29, 0.717) is 12.4 Å². The third-order valence-corrected chi connectivity index (χ3v) is 2.30. The van der Waals surface area contributed by atoms with Gasteiger partial charge >= 0.3 is 6.18 Å². The average molecular weight is 234 g/mol. The second kappa shape index (κ2) is 4.65. The number of halogens is 3. The van der Waals surface area contributed by atoms with Crippen molar-refractivity contribution in [2.24, 2.45) is 5.73 Å². The Morgan fingerprint density at radius 2 is 2.00 bits per heavy atom. The molecule has 0 radical (unpaired) electrons. The molecule has 0 amide bonds. The predicted molar refractivity (Wildman–Crippen MR) is 54.0 cm³/mol. The Kier molecular flexibility index (Phi) is 3.69. The summed E-state index contributed by atoms with van der Waals surface area (Å²) in [5.74, 6) is 0.367. The molecule has 0 aromatic carbocycles. The number of nitrogens with two attached hydrogens (primary N) is 1. The van der Waals surface area contributed by atoms with Crippen LogP contribution in [0.5, 0.6) is 0 Å². The molecule has 90 valence electrons. The molecule has 1 rings (SSSR count). The van der Waals surface area contributed by atoms with Gasteiger partial charge in [0.1, 0.15) is 0 Å². The first-order valence-electron chi connectivity index (χ1n) is 4.70. The summed E-state index contributed by atoms with van der Waals surface area (Å²) in [6, 6.07) is 2.18. The zero-order valence-electron chi connectivity index (χ0n) is 8.99. The molecule has 0 aliphatic rings. The van der Waals surface area contributed by atoms with Gasteiger partial charge in [0.25, 0.3) is 0 Å². The lowest BCUT2D eigenvalue weighted by Crippen LogP contribution is -2.36. The van der Waals surface area contributed by atoms with Crippen LogP contribution >= 0.6 is 0 Å². The molecule has 0 spiro atoms. The molecule has 0 fully saturated rings. The largest absolute Gasteiger partial charge is 0.435 e. The summed E-state index contributed by atoms with van der Waals surface area (Å²) in [4.78, 5) is 1.67. The van der Waals surface area contributed by atoms with E-state index in [0.717, 1.165) is 6.07 Å². The fraction of sp³-hybridized carbons (Fsp3) is 0.556. The highest BCUT2D eigenvalue weighted by molar-refractivity contribution is 5.37. The standard InChI is InChI=1S/C9H13F3N4/c1-6(5-13)16(2)8-4-3-7(14-15-8)9(10,11)12/h3-4,6H,5,13H2,1-2H3. The van der Waals surface area contributed by atoms with Crippen LogP contribution in [0.3, 0.4) is 0 Å². The Morgan fingerprint density at radius 1 is 1.38 bits per heavy atom. The first-order chi connectivity index (χ1) is 7.36. The Morgan fingerprint density at radius 3 is 2.38 bits per heavy atom. The second-order valence-electron chi connectivity index (χ2n) is 3.47. The van der Waals surface area contributed by atoms with E-state index in [9.17, 15) is 13.2 Å². The van der Waals surface area contributed by atoms with Gasteiger partial charge in [-0.3, -0.25) is 0 Å². The molecule has 1 aromatic rings. The lowest BCUT2D eigenvalue weighted by Gasteiger charge is -2.24. The number of hydrogen-bond donors (Lipinski definition) is 1. The zero-order chi connectivity index (χ0) is 12.3. The SMILES string of the molecule is CC(CN)N(C)c1ccc(C(F)(F)F)nn1. The third kappa shape index (κ3) is 2.82. The first kappa shape index (κ1) is 12.7. The molecule has 7 heteroatoms. The summed E-state index contributed by atoms with van der Waals surface area (Å²) in [7, 11) is 1.70. The van der Waals surface area contributed by atoms with Gasteiger partial charge in [-0.2, -0.15) is 13.2 Å². The van der Waals surface area contributed by atoms with E-state index in [1.165, 1.54) is 6.07 Å². The Bertz CT molecular complexity index is 336. The molecule has 0 saturated carbocycles. The van der Waals surface area contributed by atoms with Crippen molar-refractivity contribution in [3.05, 3.63) is 17.8 Å². The van der Waals surface area contributed by atoms with Gasteiger partial charge in [-0.25, -0.2) is 0 Å². The van der Waals surface area contributed by atoms with Crippen molar-refractivity contribution in [2.75, 3.05) is 18.5 Å². The number of rotatable bonds is 3. The summed E-state index contributed by atoms with van der Waals surface area (Å²) < 4.78 is 36.6. The van der Waals surface area contributed by atoms with Crippen LogP contribution in [0.15, 0.2) is 12.1 Å². The number of aromatic nitrogens is 2. The summed E-state index contributed by atoms with van der Waals surface area (Å²) in [6.45, 7) is 2.23. The molecule has 1 unspecified atom stereocenters. The Balaban J connectivity index is 2.87. The first-order valence-corrected chi connectivity index (χ1v) is 4.70. The van der Waals surface area contributed by atoms with Crippen molar-refractivity contribution in [3.63, 3.8) is 0 Å². The van der Waals surface area contributed by atoms with E-state index < -0.39 is 11.9 Å². The fourth-order valence-electron chi connectivity index (χ4n) is 1.05. The Hall–Kier alpha value is -1.37. The molecule has 1 atom stereocenters. The van der Waals surface area contributed by atoms with Crippen molar-refractivity contribution in [3.8, 4) is 0 Å². The molecule has 0 saturated heterocycles. The van der Waals surface area contributed by atoms with Crippen molar-refractivity contribution in [1.29, 1.82) is 0 Å². The van der Waals surface area contributed by atoms with Gasteiger partial charge in [0.05, 0.1) is 0 Å². The van der Waals surface area contributed by atoms with Gasteiger partial charge in [-0.15, -0.1) is 10.2 Å². The van der Waals surface area contributed by atoms with Crippen molar-refractivity contribution in [1.82, 2.24) is 10.2 Å². The topological polar surface area (TPSA) is 55.0 Å². The van der Waals surface area contributed by atoms with E-state index in [1.54, 1.807) is 11.9 Å².